The molecule has 0 aliphatic rings. The Morgan fingerprint density at radius 3 is 2.42 bits per heavy atom. The van der Waals surface area contributed by atoms with Crippen molar-refractivity contribution in [3.63, 3.8) is 0 Å². The second-order valence-corrected chi connectivity index (χ2v) is 4.88. The van der Waals surface area contributed by atoms with Gasteiger partial charge in [0.25, 0.3) is 11.8 Å². The summed E-state index contributed by atoms with van der Waals surface area (Å²) in [5, 5.41) is 11.0. The van der Waals surface area contributed by atoms with Crippen LogP contribution in [0, 0.1) is 0 Å². The van der Waals surface area contributed by atoms with Crippen molar-refractivity contribution in [2.75, 3.05) is 0 Å². The van der Waals surface area contributed by atoms with Gasteiger partial charge in [0, 0.05) is 18.8 Å². The van der Waals surface area contributed by atoms with Gasteiger partial charge < -0.3 is 10.4 Å². The van der Waals surface area contributed by atoms with Crippen LogP contribution in [0.3, 0.4) is 0 Å². The number of nitrogens with zero attached hydrogens (tertiary/aromatic N) is 1. The largest absolute Gasteiger partial charge is 0.465 e. The first kappa shape index (κ1) is 16.9. The molecule has 2 aromatic rings. The molecule has 0 saturated carbocycles. The lowest BCUT2D eigenvalue weighted by molar-refractivity contribution is -0.123. The van der Waals surface area contributed by atoms with Crippen molar-refractivity contribution in [2.45, 2.75) is 12.5 Å². The molecule has 1 atom stereocenters. The van der Waals surface area contributed by atoms with Crippen LogP contribution < -0.4 is 16.2 Å². The molecule has 0 aliphatic heterocycles. The number of carbonyl (C=O) groups is 3. The number of pyridine rings is 1. The second-order valence-electron chi connectivity index (χ2n) is 4.88. The summed E-state index contributed by atoms with van der Waals surface area (Å²) in [6.07, 6.45) is 1.69. The minimum atomic E-state index is -1.33. The number of benzene rings is 1. The highest BCUT2D eigenvalue weighted by Gasteiger charge is 2.21. The number of carboxylic acid groups (broad SMARTS) is 1. The predicted molar refractivity (Wildman–Crippen MR) is 84.9 cm³/mol. The predicted octanol–water partition coefficient (Wildman–Crippen LogP) is 0.721. The number of amides is 3. The number of aromatic nitrogens is 1. The van der Waals surface area contributed by atoms with Crippen LogP contribution in [0.2, 0.25) is 0 Å². The monoisotopic (exact) mass is 328 g/mol. The molecule has 0 bridgehead atoms. The summed E-state index contributed by atoms with van der Waals surface area (Å²) in [6, 6.07) is 11.0. The van der Waals surface area contributed by atoms with Crippen LogP contribution >= 0.6 is 0 Å². The summed E-state index contributed by atoms with van der Waals surface area (Å²) in [7, 11) is 0. The summed E-state index contributed by atoms with van der Waals surface area (Å²) >= 11 is 0. The fraction of sp³-hybridized carbons (Fsp3) is 0.125. The highest BCUT2D eigenvalue weighted by Crippen LogP contribution is 2.03. The van der Waals surface area contributed by atoms with E-state index >= 15 is 0 Å². The van der Waals surface area contributed by atoms with Gasteiger partial charge in [-0.3, -0.25) is 25.4 Å². The van der Waals surface area contributed by atoms with Crippen LogP contribution in [-0.4, -0.2) is 34.0 Å². The fourth-order valence-electron chi connectivity index (χ4n) is 1.98. The van der Waals surface area contributed by atoms with Gasteiger partial charge in [0.15, 0.2) is 0 Å². The van der Waals surface area contributed by atoms with Gasteiger partial charge in [0.2, 0.25) is 0 Å². The van der Waals surface area contributed by atoms with E-state index in [1.54, 1.807) is 30.3 Å². The number of nitrogens with one attached hydrogen (secondary N) is 3. The molecule has 1 heterocycles. The zero-order valence-corrected chi connectivity index (χ0v) is 12.6. The lowest BCUT2D eigenvalue weighted by Gasteiger charge is -2.17. The molecule has 124 valence electrons. The number of hydrogen-bond donors (Lipinski definition) is 4. The quantitative estimate of drug-likeness (QED) is 0.603. The van der Waals surface area contributed by atoms with E-state index in [2.05, 4.69) is 21.2 Å². The van der Waals surface area contributed by atoms with E-state index in [1.807, 2.05) is 6.07 Å². The third-order valence-electron chi connectivity index (χ3n) is 3.12. The zero-order valence-electron chi connectivity index (χ0n) is 12.6. The number of rotatable bonds is 5. The molecule has 0 radical (unpaired) electrons. The van der Waals surface area contributed by atoms with Crippen molar-refractivity contribution >= 4 is 17.9 Å². The molecule has 0 spiro atoms. The highest BCUT2D eigenvalue weighted by molar-refractivity contribution is 5.95. The SMILES string of the molecule is O=C(O)NC(Cc1ccccc1)C(=O)NNC(=O)c1cccnc1. The maximum Gasteiger partial charge on any atom is 0.405 e. The Hall–Kier alpha value is -3.42. The van der Waals surface area contributed by atoms with Crippen molar-refractivity contribution < 1.29 is 19.5 Å². The van der Waals surface area contributed by atoms with Crippen LogP contribution in [-0.2, 0) is 11.2 Å². The average Bonchev–Trinajstić information content (AvgIpc) is 2.60. The Bertz CT molecular complexity index is 707. The Kier molecular flexibility index (Phi) is 5.84. The Morgan fingerprint density at radius 2 is 1.79 bits per heavy atom. The normalized spacial score (nSPS) is 11.2. The van der Waals surface area contributed by atoms with Crippen molar-refractivity contribution in [3.05, 3.63) is 66.0 Å². The summed E-state index contributed by atoms with van der Waals surface area (Å²) in [5.41, 5.74) is 5.49. The molecule has 24 heavy (non-hydrogen) atoms. The molecule has 2 rings (SSSR count). The van der Waals surface area contributed by atoms with E-state index < -0.39 is 23.9 Å². The first-order valence-electron chi connectivity index (χ1n) is 7.10. The molecule has 1 aromatic carbocycles. The van der Waals surface area contributed by atoms with Crippen molar-refractivity contribution in [3.8, 4) is 0 Å². The molecule has 3 amide bonds. The summed E-state index contributed by atoms with van der Waals surface area (Å²) in [4.78, 5) is 38.7. The molecule has 0 aliphatic carbocycles. The maximum absolute atomic E-state index is 12.2. The number of hydrazine groups is 1. The molecule has 8 nitrogen and oxygen atoms in total. The first-order valence-corrected chi connectivity index (χ1v) is 7.10. The van der Waals surface area contributed by atoms with Crippen molar-refractivity contribution in [1.82, 2.24) is 21.2 Å². The second kappa shape index (κ2) is 8.28. The van der Waals surface area contributed by atoms with Gasteiger partial charge in [-0.25, -0.2) is 4.79 Å². The van der Waals surface area contributed by atoms with Gasteiger partial charge in [-0.1, -0.05) is 30.3 Å². The highest BCUT2D eigenvalue weighted by atomic mass is 16.4. The minimum absolute atomic E-state index is 0.155. The molecule has 1 unspecified atom stereocenters. The Morgan fingerprint density at radius 1 is 1.04 bits per heavy atom. The van der Waals surface area contributed by atoms with Crippen LogP contribution in [0.5, 0.6) is 0 Å². The van der Waals surface area contributed by atoms with Crippen molar-refractivity contribution in [2.24, 2.45) is 0 Å². The van der Waals surface area contributed by atoms with Gasteiger partial charge in [-0.2, -0.15) is 0 Å². The summed E-state index contributed by atoms with van der Waals surface area (Å²) in [6.45, 7) is 0. The first-order chi connectivity index (χ1) is 11.6. The Balaban J connectivity index is 1.97. The smallest absolute Gasteiger partial charge is 0.405 e. The van der Waals surface area contributed by atoms with E-state index in [-0.39, 0.29) is 12.0 Å². The zero-order chi connectivity index (χ0) is 17.4. The van der Waals surface area contributed by atoms with Gasteiger partial charge >= 0.3 is 6.09 Å². The molecule has 0 saturated heterocycles. The molecular formula is C16H16N4O4. The van der Waals surface area contributed by atoms with Crippen LogP contribution in [0.25, 0.3) is 0 Å². The van der Waals surface area contributed by atoms with Crippen LogP contribution in [0.15, 0.2) is 54.9 Å². The van der Waals surface area contributed by atoms with Gasteiger partial charge in [0.05, 0.1) is 5.56 Å². The lowest BCUT2D eigenvalue weighted by Crippen LogP contribution is -2.53. The lowest BCUT2D eigenvalue weighted by atomic mass is 10.1. The summed E-state index contributed by atoms with van der Waals surface area (Å²) in [5.74, 6) is -1.22. The van der Waals surface area contributed by atoms with E-state index in [9.17, 15) is 14.4 Å². The van der Waals surface area contributed by atoms with Gasteiger partial charge in [-0.15, -0.1) is 0 Å². The van der Waals surface area contributed by atoms with E-state index in [0.29, 0.717) is 0 Å². The molecule has 4 N–H and O–H groups in total. The molecule has 1 aromatic heterocycles. The van der Waals surface area contributed by atoms with E-state index in [0.717, 1.165) is 5.56 Å². The molecule has 8 heteroatoms. The maximum atomic E-state index is 12.2. The van der Waals surface area contributed by atoms with Gasteiger partial charge in [0.1, 0.15) is 6.04 Å². The standard InChI is InChI=1S/C16H16N4O4/c21-14(12-7-4-8-17-10-12)19-20-15(22)13(18-16(23)24)9-11-5-2-1-3-6-11/h1-8,10,13,18H,9H2,(H,19,21)(H,20,22)(H,23,24). The van der Waals surface area contributed by atoms with Gasteiger partial charge in [-0.05, 0) is 17.7 Å². The van der Waals surface area contributed by atoms with Crippen LogP contribution in [0.1, 0.15) is 15.9 Å². The van der Waals surface area contributed by atoms with Crippen LogP contribution in [0.4, 0.5) is 4.79 Å². The van der Waals surface area contributed by atoms with Crippen molar-refractivity contribution in [1.29, 1.82) is 0 Å². The third kappa shape index (κ3) is 5.09. The van der Waals surface area contributed by atoms with E-state index in [1.165, 1.54) is 18.5 Å². The average molecular weight is 328 g/mol. The minimum Gasteiger partial charge on any atom is -0.465 e. The molecule has 0 fully saturated rings. The molecular weight excluding hydrogens is 312 g/mol. The topological polar surface area (TPSA) is 120 Å². The van der Waals surface area contributed by atoms with E-state index in [4.69, 9.17) is 5.11 Å². The third-order valence-corrected chi connectivity index (χ3v) is 3.12. The number of carbonyl (C=O) groups excluding carboxylic acids is 2. The fourth-order valence-corrected chi connectivity index (χ4v) is 1.98. The Labute approximate surface area is 137 Å². The summed E-state index contributed by atoms with van der Waals surface area (Å²) < 4.78 is 0. The number of hydrogen-bond acceptors (Lipinski definition) is 4.